The number of hydrogen-bond acceptors (Lipinski definition) is 5. The lowest BCUT2D eigenvalue weighted by Gasteiger charge is -2.37. The average Bonchev–Trinajstić information content (AvgIpc) is 2.37. The van der Waals surface area contributed by atoms with Crippen LogP contribution in [0.5, 0.6) is 0 Å². The molecule has 1 amide bonds. The molecule has 0 aliphatic carbocycles. The van der Waals surface area contributed by atoms with Crippen LogP contribution in [-0.4, -0.2) is 35.0 Å². The Bertz CT molecular complexity index is 575. The van der Waals surface area contributed by atoms with Crippen LogP contribution in [-0.2, 0) is 10.3 Å². The number of benzene rings is 1. The van der Waals surface area contributed by atoms with Gasteiger partial charge >= 0.3 is 0 Å². The van der Waals surface area contributed by atoms with Gasteiger partial charge in [0.1, 0.15) is 11.4 Å². The molecule has 0 radical (unpaired) electrons. The van der Waals surface area contributed by atoms with Crippen LogP contribution >= 0.6 is 0 Å². The Morgan fingerprint density at radius 3 is 2.74 bits per heavy atom. The van der Waals surface area contributed by atoms with Gasteiger partial charge in [0, 0.05) is 18.3 Å². The van der Waals surface area contributed by atoms with E-state index in [1.54, 1.807) is 0 Å². The third-order valence-electron chi connectivity index (χ3n) is 3.32. The van der Waals surface area contributed by atoms with Crippen molar-refractivity contribution in [2.75, 3.05) is 12.8 Å². The highest BCUT2D eigenvalue weighted by molar-refractivity contribution is 6.01. The fraction of sp³-hybridized carbons (Fsp3) is 0.333. The third-order valence-corrected chi connectivity index (χ3v) is 3.32. The molecule has 7 heteroatoms. The number of carbonyl (C=O) groups excluding carboxylic acids is 1. The maximum atomic E-state index is 13.9. The summed E-state index contributed by atoms with van der Waals surface area (Å²) in [5.41, 5.74) is 10.1. The van der Waals surface area contributed by atoms with Crippen LogP contribution in [0.4, 0.5) is 10.1 Å². The molecule has 0 fully saturated rings. The summed E-state index contributed by atoms with van der Waals surface area (Å²) >= 11 is 0. The number of aliphatic hydroxyl groups is 1. The zero-order chi connectivity index (χ0) is 14.4. The predicted molar refractivity (Wildman–Crippen MR) is 68.6 cm³/mol. The minimum Gasteiger partial charge on any atom is -0.399 e. The van der Waals surface area contributed by atoms with Gasteiger partial charge in [-0.15, -0.1) is 0 Å². The van der Waals surface area contributed by atoms with Crippen LogP contribution in [0.1, 0.15) is 12.5 Å². The first kappa shape index (κ1) is 13.3. The van der Waals surface area contributed by atoms with Crippen LogP contribution in [0.2, 0.25) is 0 Å². The molecule has 1 heterocycles. The highest BCUT2D eigenvalue weighted by atomic mass is 19.1. The lowest BCUT2D eigenvalue weighted by atomic mass is 9.84. The van der Waals surface area contributed by atoms with E-state index in [0.29, 0.717) is 5.69 Å². The number of aliphatic imine (C=N–C) groups is 1. The van der Waals surface area contributed by atoms with E-state index in [-0.39, 0.29) is 11.5 Å². The topological polar surface area (TPSA) is 105 Å². The maximum absolute atomic E-state index is 13.9. The molecule has 0 spiro atoms. The van der Waals surface area contributed by atoms with Crippen LogP contribution in [0.3, 0.4) is 0 Å². The van der Waals surface area contributed by atoms with Crippen LogP contribution in [0.25, 0.3) is 0 Å². The molecule has 1 aromatic rings. The molecule has 6 nitrogen and oxygen atoms in total. The third kappa shape index (κ3) is 1.91. The van der Waals surface area contributed by atoms with Crippen molar-refractivity contribution in [3.63, 3.8) is 0 Å². The number of guanidine groups is 1. The van der Waals surface area contributed by atoms with E-state index in [1.807, 2.05) is 0 Å². The van der Waals surface area contributed by atoms with Gasteiger partial charge in [0.25, 0.3) is 5.91 Å². The molecule has 1 aliphatic rings. The van der Waals surface area contributed by atoms with Crippen molar-refractivity contribution in [2.45, 2.75) is 18.6 Å². The number of amides is 1. The van der Waals surface area contributed by atoms with Crippen molar-refractivity contribution in [1.29, 1.82) is 0 Å². The zero-order valence-electron chi connectivity index (χ0n) is 10.6. The molecule has 0 saturated heterocycles. The monoisotopic (exact) mass is 266 g/mol. The number of halogens is 1. The normalized spacial score (nSPS) is 27.4. The second-order valence-electron chi connectivity index (χ2n) is 4.66. The maximum Gasteiger partial charge on any atom is 0.260 e. The van der Waals surface area contributed by atoms with Gasteiger partial charge in [-0.2, -0.15) is 0 Å². The van der Waals surface area contributed by atoms with E-state index in [9.17, 15) is 14.3 Å². The van der Waals surface area contributed by atoms with Crippen molar-refractivity contribution in [1.82, 2.24) is 4.90 Å². The van der Waals surface area contributed by atoms with E-state index in [2.05, 4.69) is 4.99 Å². The number of aliphatic hydroxyl groups excluding tert-OH is 1. The summed E-state index contributed by atoms with van der Waals surface area (Å²) in [4.78, 5) is 17.0. The Morgan fingerprint density at radius 1 is 1.47 bits per heavy atom. The average molecular weight is 266 g/mol. The standard InChI is InChI=1S/C12H15FN4O2/c1-12(7-5-6(14)3-4-8(7)13)9(18)10(19)17(2)11(15)16-12/h3-5,9,18H,14H2,1-2H3,(H2,15,16)/t9?,12-/m1/s1. The zero-order valence-corrected chi connectivity index (χ0v) is 10.6. The second-order valence-corrected chi connectivity index (χ2v) is 4.66. The summed E-state index contributed by atoms with van der Waals surface area (Å²) in [6.45, 7) is 1.44. The van der Waals surface area contributed by atoms with Gasteiger partial charge < -0.3 is 16.6 Å². The van der Waals surface area contributed by atoms with Crippen molar-refractivity contribution in [3.8, 4) is 0 Å². The van der Waals surface area contributed by atoms with Gasteiger partial charge in [-0.3, -0.25) is 9.69 Å². The minimum atomic E-state index is -1.53. The molecule has 1 aliphatic heterocycles. The van der Waals surface area contributed by atoms with Crippen LogP contribution < -0.4 is 11.5 Å². The molecular weight excluding hydrogens is 251 g/mol. The molecule has 2 atom stereocenters. The number of rotatable bonds is 1. The van der Waals surface area contributed by atoms with Gasteiger partial charge in [0.05, 0.1) is 0 Å². The predicted octanol–water partition coefficient (Wildman–Crippen LogP) is -0.229. The molecule has 5 N–H and O–H groups in total. The number of anilines is 1. The van der Waals surface area contributed by atoms with Crippen molar-refractivity contribution < 1.29 is 14.3 Å². The fourth-order valence-corrected chi connectivity index (χ4v) is 2.05. The Balaban J connectivity index is 2.64. The Hall–Kier alpha value is -2.15. The van der Waals surface area contributed by atoms with Gasteiger partial charge in [-0.25, -0.2) is 9.38 Å². The molecule has 19 heavy (non-hydrogen) atoms. The molecule has 0 saturated carbocycles. The van der Waals surface area contributed by atoms with E-state index in [4.69, 9.17) is 11.5 Å². The number of nitrogen functional groups attached to an aromatic ring is 1. The molecule has 2 rings (SSSR count). The highest BCUT2D eigenvalue weighted by Gasteiger charge is 2.46. The summed E-state index contributed by atoms with van der Waals surface area (Å²) in [6.07, 6.45) is -1.53. The molecule has 0 bridgehead atoms. The first-order valence-electron chi connectivity index (χ1n) is 5.64. The smallest absolute Gasteiger partial charge is 0.260 e. The summed E-state index contributed by atoms with van der Waals surface area (Å²) in [7, 11) is 1.39. The Labute approximate surface area is 109 Å². The van der Waals surface area contributed by atoms with Crippen molar-refractivity contribution >= 4 is 17.6 Å². The number of carbonyl (C=O) groups is 1. The molecular formula is C12H15FN4O2. The number of nitrogens with two attached hydrogens (primary N) is 2. The van der Waals surface area contributed by atoms with Gasteiger partial charge in [0.2, 0.25) is 0 Å². The van der Waals surface area contributed by atoms with Gasteiger partial charge in [-0.05, 0) is 25.1 Å². The summed E-state index contributed by atoms with van der Waals surface area (Å²) in [5, 5.41) is 10.1. The Kier molecular flexibility index (Phi) is 2.94. The van der Waals surface area contributed by atoms with E-state index < -0.39 is 23.4 Å². The minimum absolute atomic E-state index is 0.0319. The number of hydrogen-bond donors (Lipinski definition) is 3. The summed E-state index contributed by atoms with van der Waals surface area (Å²) < 4.78 is 13.9. The lowest BCUT2D eigenvalue weighted by molar-refractivity contribution is -0.140. The second kappa shape index (κ2) is 4.20. The molecule has 1 aromatic carbocycles. The first-order chi connectivity index (χ1) is 8.77. The number of likely N-dealkylation sites (N-methyl/N-ethyl adjacent to an activating group) is 1. The largest absolute Gasteiger partial charge is 0.399 e. The van der Waals surface area contributed by atoms with Crippen molar-refractivity contribution in [3.05, 3.63) is 29.6 Å². The fourth-order valence-electron chi connectivity index (χ4n) is 2.05. The van der Waals surface area contributed by atoms with Gasteiger partial charge in [0.15, 0.2) is 12.1 Å². The summed E-state index contributed by atoms with van der Waals surface area (Å²) in [6, 6.07) is 3.89. The lowest BCUT2D eigenvalue weighted by Crippen LogP contribution is -2.57. The van der Waals surface area contributed by atoms with E-state index >= 15 is 0 Å². The molecule has 1 unspecified atom stereocenters. The molecule has 0 aromatic heterocycles. The Morgan fingerprint density at radius 2 is 2.11 bits per heavy atom. The molecule has 102 valence electrons. The number of nitrogens with zero attached hydrogens (tertiary/aromatic N) is 2. The first-order valence-corrected chi connectivity index (χ1v) is 5.64. The SMILES string of the molecule is CN1C(=O)C(O)[C@@](C)(c2cc(N)ccc2F)N=C1N. The summed E-state index contributed by atoms with van der Waals surface area (Å²) in [5.74, 6) is -1.33. The van der Waals surface area contributed by atoms with Gasteiger partial charge in [-0.1, -0.05) is 0 Å². The van der Waals surface area contributed by atoms with Crippen LogP contribution in [0.15, 0.2) is 23.2 Å². The highest BCUT2D eigenvalue weighted by Crippen LogP contribution is 2.35. The van der Waals surface area contributed by atoms with E-state index in [0.717, 1.165) is 11.0 Å². The van der Waals surface area contributed by atoms with Crippen LogP contribution in [0, 0.1) is 5.82 Å². The van der Waals surface area contributed by atoms with Crippen molar-refractivity contribution in [2.24, 2.45) is 10.7 Å². The quantitative estimate of drug-likeness (QED) is 0.610. The van der Waals surface area contributed by atoms with E-state index in [1.165, 1.54) is 26.1 Å².